The van der Waals surface area contributed by atoms with Gasteiger partial charge < -0.3 is 14.6 Å². The molecular formula is C19H23BrN2O4S. The van der Waals surface area contributed by atoms with Gasteiger partial charge in [-0.3, -0.25) is 4.79 Å². The summed E-state index contributed by atoms with van der Waals surface area (Å²) in [5.41, 5.74) is 0.822. The topological polar surface area (TPSA) is 79.6 Å². The minimum absolute atomic E-state index is 0.0846. The Morgan fingerprint density at radius 2 is 1.89 bits per heavy atom. The first-order chi connectivity index (χ1) is 12.8. The standard InChI is InChI=1S/C19H23BrN2O4S/c1-14-8-12-26-18(14)19(23)21-16-6-9-22(10-7-16)11-13-27(24,25)17-4-2-15(20)3-5-17/h2-5,8,12,16H,6-7,9-11,13H2,1H3,(H,21,23). The van der Waals surface area contributed by atoms with Crippen LogP contribution in [-0.2, 0) is 9.84 Å². The van der Waals surface area contributed by atoms with Crippen molar-refractivity contribution in [3.63, 3.8) is 0 Å². The lowest BCUT2D eigenvalue weighted by molar-refractivity contribution is 0.0884. The number of carbonyl (C=O) groups excluding carboxylic acids is 1. The van der Waals surface area contributed by atoms with E-state index in [1.807, 2.05) is 6.92 Å². The van der Waals surface area contributed by atoms with Crippen LogP contribution in [0.4, 0.5) is 0 Å². The Morgan fingerprint density at radius 1 is 1.22 bits per heavy atom. The zero-order valence-electron chi connectivity index (χ0n) is 15.2. The normalized spacial score (nSPS) is 16.4. The number of likely N-dealkylation sites (tertiary alicyclic amines) is 1. The van der Waals surface area contributed by atoms with Crippen LogP contribution in [0.2, 0.25) is 0 Å². The Morgan fingerprint density at radius 3 is 2.48 bits per heavy atom. The summed E-state index contributed by atoms with van der Waals surface area (Å²) < 4.78 is 31.0. The van der Waals surface area contributed by atoms with Gasteiger partial charge in [0.05, 0.1) is 16.9 Å². The largest absolute Gasteiger partial charge is 0.459 e. The average molecular weight is 455 g/mol. The number of benzene rings is 1. The van der Waals surface area contributed by atoms with Gasteiger partial charge in [0.2, 0.25) is 0 Å². The lowest BCUT2D eigenvalue weighted by atomic mass is 10.0. The maximum Gasteiger partial charge on any atom is 0.287 e. The van der Waals surface area contributed by atoms with E-state index in [1.165, 1.54) is 6.26 Å². The fourth-order valence-electron chi connectivity index (χ4n) is 3.17. The Labute approximate surface area is 168 Å². The van der Waals surface area contributed by atoms with E-state index in [1.54, 1.807) is 30.3 Å². The molecule has 1 aliphatic heterocycles. The van der Waals surface area contributed by atoms with Gasteiger partial charge in [-0.05, 0) is 50.1 Å². The highest BCUT2D eigenvalue weighted by Gasteiger charge is 2.24. The van der Waals surface area contributed by atoms with Gasteiger partial charge in [-0.2, -0.15) is 0 Å². The number of halogens is 1. The predicted molar refractivity (Wildman–Crippen MR) is 107 cm³/mol. The first-order valence-electron chi connectivity index (χ1n) is 8.91. The van der Waals surface area contributed by atoms with Crippen LogP contribution < -0.4 is 5.32 Å². The summed E-state index contributed by atoms with van der Waals surface area (Å²) in [5, 5.41) is 3.00. The highest BCUT2D eigenvalue weighted by atomic mass is 79.9. The number of sulfone groups is 1. The van der Waals surface area contributed by atoms with Crippen LogP contribution in [0, 0.1) is 6.92 Å². The van der Waals surface area contributed by atoms with Crippen LogP contribution in [0.5, 0.6) is 0 Å². The SMILES string of the molecule is Cc1ccoc1C(=O)NC1CCN(CCS(=O)(=O)c2ccc(Br)cc2)CC1. The molecule has 0 aliphatic carbocycles. The van der Waals surface area contributed by atoms with Crippen molar-refractivity contribution >= 4 is 31.7 Å². The zero-order chi connectivity index (χ0) is 19.4. The van der Waals surface area contributed by atoms with E-state index in [4.69, 9.17) is 4.42 Å². The fourth-order valence-corrected chi connectivity index (χ4v) is 4.72. The second kappa shape index (κ2) is 8.58. The Kier molecular flexibility index (Phi) is 6.39. The Bertz CT molecular complexity index is 885. The molecule has 1 N–H and O–H groups in total. The third-order valence-electron chi connectivity index (χ3n) is 4.84. The average Bonchev–Trinajstić information content (AvgIpc) is 3.08. The molecule has 0 atom stereocenters. The van der Waals surface area contributed by atoms with Crippen molar-refractivity contribution in [3.05, 3.63) is 52.4 Å². The quantitative estimate of drug-likeness (QED) is 0.725. The number of amides is 1. The van der Waals surface area contributed by atoms with Gasteiger partial charge >= 0.3 is 0 Å². The molecule has 1 aromatic heterocycles. The maximum absolute atomic E-state index is 12.4. The monoisotopic (exact) mass is 454 g/mol. The molecule has 1 saturated heterocycles. The predicted octanol–water partition coefficient (Wildman–Crippen LogP) is 3.02. The van der Waals surface area contributed by atoms with Gasteiger partial charge in [0, 0.05) is 35.7 Å². The highest BCUT2D eigenvalue weighted by molar-refractivity contribution is 9.10. The summed E-state index contributed by atoms with van der Waals surface area (Å²) in [6, 6.07) is 8.57. The van der Waals surface area contributed by atoms with E-state index in [0.29, 0.717) is 17.2 Å². The number of piperidine rings is 1. The first-order valence-corrected chi connectivity index (χ1v) is 11.4. The van der Waals surface area contributed by atoms with E-state index in [2.05, 4.69) is 26.1 Å². The molecule has 6 nitrogen and oxygen atoms in total. The molecule has 146 valence electrons. The maximum atomic E-state index is 12.4. The number of nitrogens with one attached hydrogen (secondary N) is 1. The van der Waals surface area contributed by atoms with Crippen molar-refractivity contribution in [2.24, 2.45) is 0 Å². The lowest BCUT2D eigenvalue weighted by Crippen LogP contribution is -2.45. The molecule has 0 unspecified atom stereocenters. The minimum Gasteiger partial charge on any atom is -0.459 e. The van der Waals surface area contributed by atoms with Gasteiger partial charge in [0.25, 0.3) is 5.91 Å². The van der Waals surface area contributed by atoms with Gasteiger partial charge in [-0.1, -0.05) is 15.9 Å². The molecule has 2 heterocycles. The summed E-state index contributed by atoms with van der Waals surface area (Å²) in [6.45, 7) is 3.86. The Hall–Kier alpha value is -1.64. The van der Waals surface area contributed by atoms with Gasteiger partial charge in [0.15, 0.2) is 15.6 Å². The zero-order valence-corrected chi connectivity index (χ0v) is 17.6. The molecule has 1 fully saturated rings. The van der Waals surface area contributed by atoms with Crippen molar-refractivity contribution in [2.45, 2.75) is 30.7 Å². The molecule has 0 radical (unpaired) electrons. The van der Waals surface area contributed by atoms with Crippen molar-refractivity contribution in [1.29, 1.82) is 0 Å². The van der Waals surface area contributed by atoms with Crippen LogP contribution in [0.15, 0.2) is 50.4 Å². The molecule has 8 heteroatoms. The number of furan rings is 1. The van der Waals surface area contributed by atoms with E-state index >= 15 is 0 Å². The number of carbonyl (C=O) groups is 1. The Balaban J connectivity index is 1.46. The molecule has 3 rings (SSSR count). The van der Waals surface area contributed by atoms with Crippen LogP contribution in [0.25, 0.3) is 0 Å². The van der Waals surface area contributed by atoms with Crippen molar-refractivity contribution in [3.8, 4) is 0 Å². The smallest absolute Gasteiger partial charge is 0.287 e. The summed E-state index contributed by atoms with van der Waals surface area (Å²) in [6.07, 6.45) is 3.10. The first kappa shape index (κ1) is 20.1. The molecule has 0 spiro atoms. The van der Waals surface area contributed by atoms with Crippen molar-refractivity contribution < 1.29 is 17.6 Å². The molecule has 27 heavy (non-hydrogen) atoms. The van der Waals surface area contributed by atoms with Gasteiger partial charge in [-0.25, -0.2) is 8.42 Å². The molecule has 1 amide bonds. The minimum atomic E-state index is -3.29. The highest BCUT2D eigenvalue weighted by Crippen LogP contribution is 2.17. The van der Waals surface area contributed by atoms with Crippen molar-refractivity contribution in [2.75, 3.05) is 25.4 Å². The third-order valence-corrected chi connectivity index (χ3v) is 7.08. The molecule has 0 bridgehead atoms. The van der Waals surface area contributed by atoms with Gasteiger partial charge in [-0.15, -0.1) is 0 Å². The van der Waals surface area contributed by atoms with Crippen LogP contribution in [0.3, 0.4) is 0 Å². The van der Waals surface area contributed by atoms with E-state index in [0.717, 1.165) is 36.0 Å². The molecule has 1 aromatic carbocycles. The van der Waals surface area contributed by atoms with E-state index in [9.17, 15) is 13.2 Å². The van der Waals surface area contributed by atoms with Crippen LogP contribution >= 0.6 is 15.9 Å². The number of aryl methyl sites for hydroxylation is 1. The van der Waals surface area contributed by atoms with Crippen LogP contribution in [0.1, 0.15) is 29.0 Å². The molecule has 1 aliphatic rings. The molecule has 2 aromatic rings. The van der Waals surface area contributed by atoms with Crippen LogP contribution in [-0.4, -0.2) is 50.7 Å². The third kappa shape index (κ3) is 5.21. The fraction of sp³-hybridized carbons (Fsp3) is 0.421. The number of hydrogen-bond donors (Lipinski definition) is 1. The van der Waals surface area contributed by atoms with Gasteiger partial charge in [0.1, 0.15) is 0 Å². The summed E-state index contributed by atoms with van der Waals surface area (Å²) in [4.78, 5) is 14.7. The van der Waals surface area contributed by atoms with E-state index in [-0.39, 0.29) is 17.7 Å². The molecular weight excluding hydrogens is 432 g/mol. The molecule has 0 saturated carbocycles. The summed E-state index contributed by atoms with van der Waals surface area (Å²) in [7, 11) is -3.29. The second-order valence-corrected chi connectivity index (χ2v) is 9.82. The number of nitrogens with zero attached hydrogens (tertiary/aromatic N) is 1. The number of hydrogen-bond acceptors (Lipinski definition) is 5. The second-order valence-electron chi connectivity index (χ2n) is 6.79. The number of rotatable bonds is 6. The summed E-state index contributed by atoms with van der Waals surface area (Å²) in [5.74, 6) is 0.267. The summed E-state index contributed by atoms with van der Waals surface area (Å²) >= 11 is 3.31. The lowest BCUT2D eigenvalue weighted by Gasteiger charge is -2.32. The van der Waals surface area contributed by atoms with E-state index < -0.39 is 9.84 Å². The van der Waals surface area contributed by atoms with Crippen molar-refractivity contribution in [1.82, 2.24) is 10.2 Å².